The Morgan fingerprint density at radius 3 is 3.00 bits per heavy atom. The summed E-state index contributed by atoms with van der Waals surface area (Å²) >= 11 is 1.63. The van der Waals surface area contributed by atoms with Gasteiger partial charge in [0.1, 0.15) is 0 Å². The Morgan fingerprint density at radius 1 is 1.35 bits per heavy atom. The Morgan fingerprint density at radius 2 is 2.23 bits per heavy atom. The van der Waals surface area contributed by atoms with Crippen LogP contribution in [0.1, 0.15) is 38.1 Å². The molecule has 0 unspecified atom stereocenters. The number of amides is 1. The summed E-state index contributed by atoms with van der Waals surface area (Å²) in [7, 11) is 0. The van der Waals surface area contributed by atoms with Crippen molar-refractivity contribution in [3.8, 4) is 5.88 Å². The van der Waals surface area contributed by atoms with E-state index in [9.17, 15) is 4.79 Å². The summed E-state index contributed by atoms with van der Waals surface area (Å²) in [5.74, 6) is 0.656. The number of nitrogens with zero attached hydrogens (tertiary/aromatic N) is 5. The van der Waals surface area contributed by atoms with Crippen LogP contribution >= 0.6 is 11.9 Å². The van der Waals surface area contributed by atoms with E-state index in [4.69, 9.17) is 4.74 Å². The SMILES string of the molecule is C/C=C\C(=C/N=CC(=O)NCc1ccnc(NSC2CC2)n1)c1cncc(OCC)n1. The van der Waals surface area contributed by atoms with Crippen LogP contribution < -0.4 is 14.8 Å². The fourth-order valence-electron chi connectivity index (χ4n) is 2.35. The van der Waals surface area contributed by atoms with E-state index in [1.165, 1.54) is 19.1 Å². The number of aromatic nitrogens is 4. The number of rotatable bonds is 11. The lowest BCUT2D eigenvalue weighted by Crippen LogP contribution is -2.24. The second-order valence-electron chi connectivity index (χ2n) is 6.55. The van der Waals surface area contributed by atoms with Crippen molar-refractivity contribution in [2.75, 3.05) is 11.3 Å². The van der Waals surface area contributed by atoms with Gasteiger partial charge >= 0.3 is 0 Å². The maximum Gasteiger partial charge on any atom is 0.262 e. The first-order valence-electron chi connectivity index (χ1n) is 10.0. The van der Waals surface area contributed by atoms with Crippen molar-refractivity contribution in [2.45, 2.75) is 38.5 Å². The average Bonchev–Trinajstić information content (AvgIpc) is 3.61. The van der Waals surface area contributed by atoms with Gasteiger partial charge in [0.25, 0.3) is 5.91 Å². The molecule has 1 aliphatic carbocycles. The molecule has 0 bridgehead atoms. The third-order valence-electron chi connectivity index (χ3n) is 3.95. The molecule has 1 amide bonds. The first-order chi connectivity index (χ1) is 15.2. The number of allylic oxidation sites excluding steroid dienone is 3. The van der Waals surface area contributed by atoms with E-state index in [1.807, 2.05) is 26.0 Å². The van der Waals surface area contributed by atoms with E-state index >= 15 is 0 Å². The van der Waals surface area contributed by atoms with Crippen LogP contribution in [0.15, 0.2) is 48.0 Å². The van der Waals surface area contributed by atoms with Crippen LogP contribution in [0.25, 0.3) is 5.57 Å². The molecule has 3 rings (SSSR count). The van der Waals surface area contributed by atoms with Crippen LogP contribution in [-0.2, 0) is 11.3 Å². The standard InChI is InChI=1S/C21H25N7O2S/c1-3-5-15(18-12-23-14-20(27-18)30-4-2)10-22-13-19(29)25-11-16-8-9-24-21(26-16)28-31-17-6-7-17/h3,5,8-10,12-14,17H,4,6-7,11H2,1-2H3,(H,25,29)(H,24,26,28)/b5-3-,15-10+,22-13?. The van der Waals surface area contributed by atoms with Gasteiger partial charge in [-0.25, -0.2) is 15.0 Å². The lowest BCUT2D eigenvalue weighted by atomic mass is 10.2. The Bertz CT molecular complexity index is 974. The van der Waals surface area contributed by atoms with Crippen molar-refractivity contribution in [1.29, 1.82) is 0 Å². The number of anilines is 1. The molecule has 0 aromatic carbocycles. The van der Waals surface area contributed by atoms with E-state index < -0.39 is 0 Å². The average molecular weight is 440 g/mol. The van der Waals surface area contributed by atoms with Crippen molar-refractivity contribution in [3.05, 3.63) is 54.4 Å². The zero-order chi connectivity index (χ0) is 21.9. The molecule has 1 saturated carbocycles. The zero-order valence-electron chi connectivity index (χ0n) is 17.5. The van der Waals surface area contributed by atoms with Gasteiger partial charge in [0.2, 0.25) is 11.8 Å². The van der Waals surface area contributed by atoms with Crippen LogP contribution in [-0.4, -0.2) is 43.9 Å². The van der Waals surface area contributed by atoms with Crippen molar-refractivity contribution in [3.63, 3.8) is 0 Å². The van der Waals surface area contributed by atoms with Gasteiger partial charge in [-0.2, -0.15) is 0 Å². The van der Waals surface area contributed by atoms with Crippen LogP contribution in [0.2, 0.25) is 0 Å². The molecule has 0 radical (unpaired) electrons. The van der Waals surface area contributed by atoms with E-state index in [0.717, 1.165) is 0 Å². The highest BCUT2D eigenvalue weighted by atomic mass is 32.2. The monoisotopic (exact) mass is 439 g/mol. The molecule has 2 aromatic heterocycles. The lowest BCUT2D eigenvalue weighted by molar-refractivity contribution is -0.114. The first-order valence-corrected chi connectivity index (χ1v) is 10.9. The van der Waals surface area contributed by atoms with Gasteiger partial charge in [-0.15, -0.1) is 0 Å². The molecule has 1 aliphatic rings. The second-order valence-corrected chi connectivity index (χ2v) is 7.65. The number of aliphatic imine (C=N–C) groups is 1. The third kappa shape index (κ3) is 7.82. The second kappa shape index (κ2) is 11.8. The van der Waals surface area contributed by atoms with Gasteiger partial charge in [0.15, 0.2) is 0 Å². The summed E-state index contributed by atoms with van der Waals surface area (Å²) in [5, 5.41) is 3.42. The molecule has 0 spiro atoms. The molecule has 0 aliphatic heterocycles. The van der Waals surface area contributed by atoms with Crippen molar-refractivity contribution < 1.29 is 9.53 Å². The quantitative estimate of drug-likeness (QED) is 0.312. The van der Waals surface area contributed by atoms with E-state index in [-0.39, 0.29) is 12.5 Å². The normalized spacial score (nSPS) is 14.2. The van der Waals surface area contributed by atoms with E-state index in [0.29, 0.717) is 40.6 Å². The minimum atomic E-state index is -0.328. The molecule has 10 heteroatoms. The minimum Gasteiger partial charge on any atom is -0.477 e. The molecule has 0 saturated heterocycles. The predicted molar refractivity (Wildman–Crippen MR) is 123 cm³/mol. The smallest absolute Gasteiger partial charge is 0.262 e. The fraction of sp³-hybridized carbons (Fsp3) is 0.333. The number of hydrogen-bond donors (Lipinski definition) is 2. The van der Waals surface area contributed by atoms with Gasteiger partial charge in [-0.3, -0.25) is 19.5 Å². The van der Waals surface area contributed by atoms with Gasteiger partial charge in [0, 0.05) is 23.2 Å². The third-order valence-corrected chi connectivity index (χ3v) is 5.06. The molecule has 2 N–H and O–H groups in total. The Kier molecular flexibility index (Phi) is 8.53. The maximum atomic E-state index is 12.1. The summed E-state index contributed by atoms with van der Waals surface area (Å²) in [4.78, 5) is 33.3. The number of hydrogen-bond acceptors (Lipinski definition) is 9. The Hall–Kier alpha value is -3.27. The highest BCUT2D eigenvalue weighted by Gasteiger charge is 2.22. The fourth-order valence-corrected chi connectivity index (χ4v) is 3.10. The van der Waals surface area contributed by atoms with Crippen LogP contribution in [0.4, 0.5) is 5.95 Å². The zero-order valence-corrected chi connectivity index (χ0v) is 18.3. The van der Waals surface area contributed by atoms with Crippen LogP contribution in [0.5, 0.6) is 5.88 Å². The van der Waals surface area contributed by atoms with Crippen molar-refractivity contribution in [2.24, 2.45) is 4.99 Å². The molecule has 0 atom stereocenters. The molecule has 2 heterocycles. The lowest BCUT2D eigenvalue weighted by Gasteiger charge is -2.05. The Labute approximate surface area is 185 Å². The predicted octanol–water partition coefficient (Wildman–Crippen LogP) is 3.19. The summed E-state index contributed by atoms with van der Waals surface area (Å²) in [5.41, 5.74) is 2.02. The molecular formula is C21H25N7O2S. The minimum absolute atomic E-state index is 0.281. The maximum absolute atomic E-state index is 12.1. The van der Waals surface area contributed by atoms with E-state index in [2.05, 4.69) is 35.0 Å². The number of carbonyl (C=O) groups excluding carboxylic acids is 1. The number of carbonyl (C=O) groups is 1. The van der Waals surface area contributed by atoms with E-state index in [1.54, 1.807) is 42.8 Å². The van der Waals surface area contributed by atoms with Crippen LogP contribution in [0.3, 0.4) is 0 Å². The van der Waals surface area contributed by atoms with Gasteiger partial charge in [-0.05, 0) is 44.7 Å². The van der Waals surface area contributed by atoms with Gasteiger partial charge < -0.3 is 10.1 Å². The summed E-state index contributed by atoms with van der Waals surface area (Å²) in [6.45, 7) is 4.55. The Balaban J connectivity index is 1.55. The topological polar surface area (TPSA) is 114 Å². The molecule has 9 nitrogen and oxygen atoms in total. The number of nitrogens with one attached hydrogen (secondary N) is 2. The highest BCUT2D eigenvalue weighted by Crippen LogP contribution is 2.33. The summed E-state index contributed by atoms with van der Waals surface area (Å²) in [6, 6.07) is 1.76. The highest BCUT2D eigenvalue weighted by molar-refractivity contribution is 8.01. The number of ether oxygens (including phenoxy) is 1. The molecule has 162 valence electrons. The summed E-state index contributed by atoms with van der Waals surface area (Å²) in [6.07, 6.45) is 13.8. The molecular weight excluding hydrogens is 414 g/mol. The van der Waals surface area contributed by atoms with Crippen molar-refractivity contribution >= 4 is 35.6 Å². The summed E-state index contributed by atoms with van der Waals surface area (Å²) < 4.78 is 8.53. The van der Waals surface area contributed by atoms with Crippen LogP contribution in [0, 0.1) is 0 Å². The van der Waals surface area contributed by atoms with Crippen molar-refractivity contribution in [1.82, 2.24) is 25.3 Å². The molecule has 31 heavy (non-hydrogen) atoms. The van der Waals surface area contributed by atoms with Gasteiger partial charge in [-0.1, -0.05) is 12.2 Å². The molecule has 1 fully saturated rings. The largest absolute Gasteiger partial charge is 0.477 e. The first kappa shape index (κ1) is 22.4. The van der Waals surface area contributed by atoms with Gasteiger partial charge in [0.05, 0.1) is 43.1 Å². The molecule has 2 aromatic rings.